The van der Waals surface area contributed by atoms with Crippen LogP contribution in [0.2, 0.25) is 0 Å². The zero-order chi connectivity index (χ0) is 15.4. The first-order valence-corrected chi connectivity index (χ1v) is 7.48. The van der Waals surface area contributed by atoms with Crippen LogP contribution in [0.25, 0.3) is 0 Å². The summed E-state index contributed by atoms with van der Waals surface area (Å²) in [5, 5.41) is 3.65. The molecule has 112 valence electrons. The van der Waals surface area contributed by atoms with E-state index in [2.05, 4.69) is 75.5 Å². The topological polar surface area (TPSA) is 21.3 Å². The van der Waals surface area contributed by atoms with Gasteiger partial charge in [-0.2, -0.15) is 0 Å². The van der Waals surface area contributed by atoms with Gasteiger partial charge in [-0.05, 0) is 44.9 Å². The Balaban J connectivity index is 2.16. The fraction of sp³-hybridized carbons (Fsp3) is 0.368. The molecule has 0 spiro atoms. The third-order valence-electron chi connectivity index (χ3n) is 3.90. The van der Waals surface area contributed by atoms with Crippen LogP contribution in [0.4, 0.5) is 0 Å². The highest BCUT2D eigenvalue weighted by Gasteiger charge is 2.15. The summed E-state index contributed by atoms with van der Waals surface area (Å²) in [7, 11) is 1.73. The van der Waals surface area contributed by atoms with Crippen molar-refractivity contribution in [2.45, 2.75) is 39.8 Å². The van der Waals surface area contributed by atoms with E-state index >= 15 is 0 Å². The van der Waals surface area contributed by atoms with E-state index in [4.69, 9.17) is 4.74 Å². The second-order valence-corrected chi connectivity index (χ2v) is 5.77. The lowest BCUT2D eigenvalue weighted by atomic mass is 10.0. The lowest BCUT2D eigenvalue weighted by Crippen LogP contribution is -2.23. The van der Waals surface area contributed by atoms with Crippen molar-refractivity contribution in [2.75, 3.05) is 7.11 Å². The smallest absolute Gasteiger partial charge is 0.123 e. The van der Waals surface area contributed by atoms with Gasteiger partial charge >= 0.3 is 0 Å². The summed E-state index contributed by atoms with van der Waals surface area (Å²) in [5.41, 5.74) is 5.02. The minimum atomic E-state index is 0.232. The summed E-state index contributed by atoms with van der Waals surface area (Å²) in [4.78, 5) is 0. The van der Waals surface area contributed by atoms with Crippen molar-refractivity contribution in [1.29, 1.82) is 0 Å². The maximum absolute atomic E-state index is 5.51. The van der Waals surface area contributed by atoms with Crippen LogP contribution in [0, 0.1) is 13.8 Å². The molecule has 2 aromatic rings. The molecule has 0 radical (unpaired) electrons. The van der Waals surface area contributed by atoms with Gasteiger partial charge in [0, 0.05) is 17.6 Å². The second-order valence-electron chi connectivity index (χ2n) is 5.77. The number of ether oxygens (including phenoxy) is 1. The van der Waals surface area contributed by atoms with Gasteiger partial charge in [0.15, 0.2) is 0 Å². The molecule has 2 nitrogen and oxygen atoms in total. The molecule has 0 bridgehead atoms. The third-order valence-corrected chi connectivity index (χ3v) is 3.90. The lowest BCUT2D eigenvalue weighted by molar-refractivity contribution is 0.396. The molecule has 0 saturated carbocycles. The zero-order valence-electron chi connectivity index (χ0n) is 13.6. The lowest BCUT2D eigenvalue weighted by Gasteiger charge is -2.23. The highest BCUT2D eigenvalue weighted by atomic mass is 16.5. The summed E-state index contributed by atoms with van der Waals surface area (Å²) >= 11 is 0. The SMILES string of the molecule is COc1cc(C)ccc1C(C)N[C@@H](C)c1cccc(C)c1. The normalized spacial score (nSPS) is 13.8. The van der Waals surface area contributed by atoms with E-state index in [9.17, 15) is 0 Å². The third kappa shape index (κ3) is 3.85. The zero-order valence-corrected chi connectivity index (χ0v) is 13.6. The number of hydrogen-bond donors (Lipinski definition) is 1. The van der Waals surface area contributed by atoms with E-state index in [0.717, 1.165) is 5.75 Å². The van der Waals surface area contributed by atoms with Crippen LogP contribution in [0.3, 0.4) is 0 Å². The van der Waals surface area contributed by atoms with Crippen molar-refractivity contribution in [1.82, 2.24) is 5.32 Å². The number of aryl methyl sites for hydroxylation is 2. The van der Waals surface area contributed by atoms with Crippen molar-refractivity contribution in [3.8, 4) is 5.75 Å². The molecule has 2 aromatic carbocycles. The molecule has 0 aromatic heterocycles. The standard InChI is InChI=1S/C19H25NO/c1-13-7-6-8-17(11-13)15(3)20-16(4)18-10-9-14(2)12-19(18)21-5/h6-12,15-16,20H,1-5H3/t15-,16?/m0/s1. The largest absolute Gasteiger partial charge is 0.496 e. The second kappa shape index (κ2) is 6.77. The van der Waals surface area contributed by atoms with Gasteiger partial charge in [0.05, 0.1) is 7.11 Å². The van der Waals surface area contributed by atoms with Crippen LogP contribution in [0.15, 0.2) is 42.5 Å². The number of rotatable bonds is 5. The van der Waals surface area contributed by atoms with Crippen LogP contribution in [0.1, 0.15) is 48.2 Å². The van der Waals surface area contributed by atoms with Gasteiger partial charge in [0.25, 0.3) is 0 Å². The Hall–Kier alpha value is -1.80. The number of methoxy groups -OCH3 is 1. The molecule has 21 heavy (non-hydrogen) atoms. The van der Waals surface area contributed by atoms with Gasteiger partial charge in [0.2, 0.25) is 0 Å². The van der Waals surface area contributed by atoms with E-state index in [0.29, 0.717) is 6.04 Å². The fourth-order valence-corrected chi connectivity index (χ4v) is 2.68. The molecule has 0 aliphatic carbocycles. The van der Waals surface area contributed by atoms with Gasteiger partial charge in [-0.25, -0.2) is 0 Å². The van der Waals surface area contributed by atoms with E-state index in [1.807, 2.05) is 0 Å². The van der Waals surface area contributed by atoms with Crippen molar-refractivity contribution >= 4 is 0 Å². The van der Waals surface area contributed by atoms with Gasteiger partial charge in [0.1, 0.15) is 5.75 Å². The molecule has 2 rings (SSSR count). The van der Waals surface area contributed by atoms with E-state index in [-0.39, 0.29) is 6.04 Å². The van der Waals surface area contributed by atoms with Gasteiger partial charge in [-0.3, -0.25) is 0 Å². The monoisotopic (exact) mass is 283 g/mol. The molecule has 2 atom stereocenters. The van der Waals surface area contributed by atoms with Crippen molar-refractivity contribution in [3.63, 3.8) is 0 Å². The van der Waals surface area contributed by atoms with Crippen molar-refractivity contribution in [3.05, 3.63) is 64.7 Å². The summed E-state index contributed by atoms with van der Waals surface area (Å²) in [5.74, 6) is 0.950. The maximum atomic E-state index is 5.51. The summed E-state index contributed by atoms with van der Waals surface area (Å²) in [6.07, 6.45) is 0. The Bertz CT molecular complexity index is 606. The Morgan fingerprint density at radius 1 is 0.905 bits per heavy atom. The molecule has 0 amide bonds. The average Bonchev–Trinajstić information content (AvgIpc) is 2.46. The van der Waals surface area contributed by atoms with Crippen molar-refractivity contribution in [2.24, 2.45) is 0 Å². The molecule has 0 fully saturated rings. The summed E-state index contributed by atoms with van der Waals surface area (Å²) < 4.78 is 5.51. The molecule has 0 heterocycles. The minimum absolute atomic E-state index is 0.232. The predicted molar refractivity (Wildman–Crippen MR) is 88.9 cm³/mol. The molecule has 0 aliphatic heterocycles. The number of benzene rings is 2. The molecule has 1 N–H and O–H groups in total. The van der Waals surface area contributed by atoms with E-state index in [1.54, 1.807) is 7.11 Å². The average molecular weight is 283 g/mol. The minimum Gasteiger partial charge on any atom is -0.496 e. The number of nitrogens with one attached hydrogen (secondary N) is 1. The fourth-order valence-electron chi connectivity index (χ4n) is 2.68. The molecule has 1 unspecified atom stereocenters. The van der Waals surface area contributed by atoms with E-state index < -0.39 is 0 Å². The predicted octanol–water partition coefficient (Wildman–Crippen LogP) is 4.72. The van der Waals surface area contributed by atoms with Crippen LogP contribution in [0.5, 0.6) is 5.75 Å². The number of hydrogen-bond acceptors (Lipinski definition) is 2. The van der Waals surface area contributed by atoms with Gasteiger partial charge < -0.3 is 10.1 Å². The first-order chi connectivity index (χ1) is 10.0. The molecule has 2 heteroatoms. The highest BCUT2D eigenvalue weighted by Crippen LogP contribution is 2.28. The van der Waals surface area contributed by atoms with Crippen LogP contribution >= 0.6 is 0 Å². The first kappa shape index (κ1) is 15.6. The Morgan fingerprint density at radius 3 is 2.29 bits per heavy atom. The molecular formula is C19H25NO. The maximum Gasteiger partial charge on any atom is 0.123 e. The van der Waals surface area contributed by atoms with Gasteiger partial charge in [-0.1, -0.05) is 42.0 Å². The Morgan fingerprint density at radius 2 is 1.62 bits per heavy atom. The first-order valence-electron chi connectivity index (χ1n) is 7.48. The Kier molecular flexibility index (Phi) is 5.03. The van der Waals surface area contributed by atoms with Crippen LogP contribution < -0.4 is 10.1 Å². The quantitative estimate of drug-likeness (QED) is 0.857. The molecule has 0 saturated heterocycles. The molecule has 0 aliphatic rings. The van der Waals surface area contributed by atoms with Crippen molar-refractivity contribution < 1.29 is 4.74 Å². The van der Waals surface area contributed by atoms with Crippen LogP contribution in [-0.2, 0) is 0 Å². The Labute approximate surface area is 128 Å². The van der Waals surface area contributed by atoms with Crippen LogP contribution in [-0.4, -0.2) is 7.11 Å². The van der Waals surface area contributed by atoms with E-state index in [1.165, 1.54) is 22.3 Å². The summed E-state index contributed by atoms with van der Waals surface area (Å²) in [6, 6.07) is 15.5. The van der Waals surface area contributed by atoms with Gasteiger partial charge in [-0.15, -0.1) is 0 Å². The molecular weight excluding hydrogens is 258 g/mol. The summed E-state index contributed by atoms with van der Waals surface area (Å²) in [6.45, 7) is 8.59. The highest BCUT2D eigenvalue weighted by molar-refractivity contribution is 5.39.